The van der Waals surface area contributed by atoms with E-state index in [1.54, 1.807) is 23.6 Å². The summed E-state index contributed by atoms with van der Waals surface area (Å²) in [7, 11) is 0. The minimum Gasteiger partial charge on any atom is -0.369 e. The number of hydrogen-bond acceptors (Lipinski definition) is 4. The van der Waals surface area contributed by atoms with Gasteiger partial charge in [-0.1, -0.05) is 37.7 Å². The lowest BCUT2D eigenvalue weighted by atomic mass is 10.2. The Balaban J connectivity index is 2.60. The summed E-state index contributed by atoms with van der Waals surface area (Å²) >= 11 is 1.23. The molecule has 0 aliphatic carbocycles. The first-order valence-corrected chi connectivity index (χ1v) is 7.73. The van der Waals surface area contributed by atoms with Gasteiger partial charge in [-0.15, -0.1) is 0 Å². The summed E-state index contributed by atoms with van der Waals surface area (Å²) < 4.78 is 1.64. The molecule has 0 aliphatic rings. The first-order chi connectivity index (χ1) is 9.90. The molecule has 2 rings (SSSR count). The molecule has 0 saturated heterocycles. The fraction of sp³-hybridized carbons (Fsp3) is 0.400. The first-order valence-electron chi connectivity index (χ1n) is 6.85. The van der Waals surface area contributed by atoms with Gasteiger partial charge in [-0.2, -0.15) is 0 Å². The van der Waals surface area contributed by atoms with E-state index in [4.69, 9.17) is 5.73 Å². The molecule has 1 aromatic carbocycles. The molecule has 21 heavy (non-hydrogen) atoms. The number of thioether (sulfide) groups is 1. The quantitative estimate of drug-likeness (QED) is 0.677. The zero-order valence-corrected chi connectivity index (χ0v) is 13.2. The second kappa shape index (κ2) is 6.30. The van der Waals surface area contributed by atoms with Crippen molar-refractivity contribution >= 4 is 28.6 Å². The maximum atomic E-state index is 12.6. The molecule has 6 heteroatoms. The minimum absolute atomic E-state index is 0.0755. The van der Waals surface area contributed by atoms with Gasteiger partial charge >= 0.3 is 0 Å². The lowest BCUT2D eigenvalue weighted by Gasteiger charge is -2.16. The number of primary amides is 1. The third-order valence-electron chi connectivity index (χ3n) is 3.06. The monoisotopic (exact) mass is 305 g/mol. The van der Waals surface area contributed by atoms with E-state index in [9.17, 15) is 9.59 Å². The predicted octanol–water partition coefficient (Wildman–Crippen LogP) is 2.02. The largest absolute Gasteiger partial charge is 0.369 e. The average Bonchev–Trinajstić information content (AvgIpc) is 2.42. The number of hydrogen-bond donors (Lipinski definition) is 1. The summed E-state index contributed by atoms with van der Waals surface area (Å²) in [5.41, 5.74) is 5.88. The van der Waals surface area contributed by atoms with Gasteiger partial charge in [0.25, 0.3) is 5.56 Å². The summed E-state index contributed by atoms with van der Waals surface area (Å²) in [6, 6.07) is 7.24. The summed E-state index contributed by atoms with van der Waals surface area (Å²) in [4.78, 5) is 28.4. The van der Waals surface area contributed by atoms with E-state index in [2.05, 4.69) is 4.98 Å². The van der Waals surface area contributed by atoms with Crippen molar-refractivity contribution in [2.75, 3.05) is 0 Å². The van der Waals surface area contributed by atoms with Crippen molar-refractivity contribution in [3.63, 3.8) is 0 Å². The third kappa shape index (κ3) is 3.44. The fourth-order valence-corrected chi connectivity index (χ4v) is 2.85. The number of amides is 1. The van der Waals surface area contributed by atoms with Crippen molar-refractivity contribution in [1.29, 1.82) is 0 Å². The van der Waals surface area contributed by atoms with Gasteiger partial charge < -0.3 is 5.73 Å². The number of carbonyl (C=O) groups is 1. The maximum absolute atomic E-state index is 12.6. The van der Waals surface area contributed by atoms with Gasteiger partial charge in [-0.05, 0) is 25.0 Å². The van der Waals surface area contributed by atoms with Crippen molar-refractivity contribution in [2.24, 2.45) is 11.7 Å². The van der Waals surface area contributed by atoms with Crippen LogP contribution in [0.5, 0.6) is 0 Å². The van der Waals surface area contributed by atoms with Crippen molar-refractivity contribution in [3.05, 3.63) is 34.6 Å². The second-order valence-corrected chi connectivity index (χ2v) is 6.69. The molecule has 112 valence electrons. The van der Waals surface area contributed by atoms with Gasteiger partial charge in [0.1, 0.15) is 0 Å². The van der Waals surface area contributed by atoms with Crippen LogP contribution in [-0.2, 0) is 11.3 Å². The molecule has 0 radical (unpaired) electrons. The Kier molecular flexibility index (Phi) is 4.67. The van der Waals surface area contributed by atoms with Gasteiger partial charge in [-0.3, -0.25) is 14.2 Å². The number of para-hydroxylation sites is 1. The average molecular weight is 305 g/mol. The predicted molar refractivity (Wildman–Crippen MR) is 85.4 cm³/mol. The van der Waals surface area contributed by atoms with Crippen LogP contribution in [0.25, 0.3) is 10.9 Å². The molecule has 0 aliphatic heterocycles. The van der Waals surface area contributed by atoms with Crippen molar-refractivity contribution < 1.29 is 4.79 Å². The molecular formula is C15H19N3O2S. The van der Waals surface area contributed by atoms with Crippen LogP contribution in [-0.4, -0.2) is 20.7 Å². The second-order valence-electron chi connectivity index (χ2n) is 5.38. The molecule has 0 unspecified atom stereocenters. The Morgan fingerprint density at radius 2 is 2.00 bits per heavy atom. The van der Waals surface area contributed by atoms with Gasteiger partial charge in [0.2, 0.25) is 5.91 Å². The van der Waals surface area contributed by atoms with Crippen LogP contribution in [0.1, 0.15) is 20.8 Å². The number of benzene rings is 1. The van der Waals surface area contributed by atoms with E-state index < -0.39 is 11.2 Å². The normalized spacial score (nSPS) is 12.8. The highest BCUT2D eigenvalue weighted by atomic mass is 32.2. The van der Waals surface area contributed by atoms with Gasteiger partial charge in [0.05, 0.1) is 16.2 Å². The highest BCUT2D eigenvalue weighted by Crippen LogP contribution is 2.22. The summed E-state index contributed by atoms with van der Waals surface area (Å²) in [5, 5.41) is 0.699. The lowest BCUT2D eigenvalue weighted by molar-refractivity contribution is -0.117. The zero-order valence-electron chi connectivity index (χ0n) is 12.4. The SMILES string of the molecule is CC(C)Cn1c(S[C@@H](C)C(N)=O)nc2ccccc2c1=O. The fourth-order valence-electron chi connectivity index (χ4n) is 1.98. The van der Waals surface area contributed by atoms with Crippen LogP contribution in [0.15, 0.2) is 34.2 Å². The molecule has 1 aromatic heterocycles. The highest BCUT2D eigenvalue weighted by molar-refractivity contribution is 8.00. The molecule has 2 N–H and O–H groups in total. The molecule has 1 amide bonds. The number of rotatable bonds is 5. The van der Waals surface area contributed by atoms with Crippen LogP contribution in [0.4, 0.5) is 0 Å². The van der Waals surface area contributed by atoms with Gasteiger partial charge in [-0.25, -0.2) is 4.98 Å². The summed E-state index contributed by atoms with van der Waals surface area (Å²) in [6.45, 7) is 6.35. The van der Waals surface area contributed by atoms with Gasteiger partial charge in [0, 0.05) is 6.54 Å². The van der Waals surface area contributed by atoms with Crippen LogP contribution in [0, 0.1) is 5.92 Å². The minimum atomic E-state index is -0.434. The molecule has 0 spiro atoms. The van der Waals surface area contributed by atoms with Crippen molar-refractivity contribution in [1.82, 2.24) is 9.55 Å². The lowest BCUT2D eigenvalue weighted by Crippen LogP contribution is -2.28. The molecule has 1 heterocycles. The molecule has 1 atom stereocenters. The molecule has 2 aromatic rings. The maximum Gasteiger partial charge on any atom is 0.262 e. The number of fused-ring (bicyclic) bond motifs is 1. The van der Waals surface area contributed by atoms with Crippen LogP contribution in [0.3, 0.4) is 0 Å². The topological polar surface area (TPSA) is 78.0 Å². The van der Waals surface area contributed by atoms with Crippen LogP contribution >= 0.6 is 11.8 Å². The van der Waals surface area contributed by atoms with Crippen LogP contribution < -0.4 is 11.3 Å². The standard InChI is InChI=1S/C15H19N3O2S/c1-9(2)8-18-14(20)11-6-4-5-7-12(11)17-15(18)21-10(3)13(16)19/h4-7,9-10H,8H2,1-3H3,(H2,16,19)/t10-/m0/s1. The Labute approximate surface area is 127 Å². The summed E-state index contributed by atoms with van der Waals surface area (Å²) in [5.74, 6) is -0.118. The Morgan fingerprint density at radius 1 is 1.33 bits per heavy atom. The molecular weight excluding hydrogens is 286 g/mol. The zero-order chi connectivity index (χ0) is 15.6. The molecule has 0 fully saturated rings. The number of carbonyl (C=O) groups excluding carboxylic acids is 1. The third-order valence-corrected chi connectivity index (χ3v) is 4.17. The Morgan fingerprint density at radius 3 is 2.62 bits per heavy atom. The van der Waals surface area contributed by atoms with E-state index in [1.165, 1.54) is 11.8 Å². The molecule has 5 nitrogen and oxygen atoms in total. The van der Waals surface area contributed by atoms with Crippen molar-refractivity contribution in [3.8, 4) is 0 Å². The number of nitrogens with two attached hydrogens (primary N) is 1. The van der Waals surface area contributed by atoms with E-state index >= 15 is 0 Å². The Hall–Kier alpha value is -1.82. The van der Waals surface area contributed by atoms with E-state index in [0.29, 0.717) is 28.5 Å². The first kappa shape index (κ1) is 15.6. The van der Waals surface area contributed by atoms with Crippen LogP contribution in [0.2, 0.25) is 0 Å². The van der Waals surface area contributed by atoms with Gasteiger partial charge in [0.15, 0.2) is 5.16 Å². The van der Waals surface area contributed by atoms with Crippen molar-refractivity contribution in [2.45, 2.75) is 37.7 Å². The van der Waals surface area contributed by atoms with E-state index in [-0.39, 0.29) is 5.56 Å². The highest BCUT2D eigenvalue weighted by Gasteiger charge is 2.17. The molecule has 0 saturated carbocycles. The number of nitrogens with zero attached hydrogens (tertiary/aromatic N) is 2. The number of aromatic nitrogens is 2. The molecule has 0 bridgehead atoms. The Bertz CT molecular complexity index is 724. The van der Waals surface area contributed by atoms with E-state index in [1.807, 2.05) is 26.0 Å². The summed E-state index contributed by atoms with van der Waals surface area (Å²) in [6.07, 6.45) is 0. The van der Waals surface area contributed by atoms with E-state index in [0.717, 1.165) is 0 Å². The smallest absolute Gasteiger partial charge is 0.262 e.